The van der Waals surface area contributed by atoms with Crippen molar-refractivity contribution in [3.05, 3.63) is 23.8 Å². The first-order valence-corrected chi connectivity index (χ1v) is 5.59. The maximum Gasteiger partial charge on any atom is 0.119 e. The molecule has 0 aliphatic heterocycles. The summed E-state index contributed by atoms with van der Waals surface area (Å²) in [6, 6.07) is 6.03. The minimum atomic E-state index is 0.562. The van der Waals surface area contributed by atoms with Crippen molar-refractivity contribution in [1.82, 2.24) is 0 Å². The van der Waals surface area contributed by atoms with E-state index >= 15 is 0 Å². The average molecular weight is 211 g/mol. The molecule has 1 aromatic rings. The van der Waals surface area contributed by atoms with E-state index in [9.17, 15) is 0 Å². The van der Waals surface area contributed by atoms with Crippen LogP contribution in [0.15, 0.2) is 23.1 Å². The molecular formula is C11H17NOS. The van der Waals surface area contributed by atoms with Crippen molar-refractivity contribution in [2.75, 3.05) is 7.11 Å². The lowest BCUT2D eigenvalue weighted by atomic mass is 10.2. The van der Waals surface area contributed by atoms with Crippen molar-refractivity contribution in [1.29, 1.82) is 0 Å². The number of rotatable bonds is 4. The highest BCUT2D eigenvalue weighted by molar-refractivity contribution is 8.00. The zero-order chi connectivity index (χ0) is 10.6. The molecule has 0 aromatic heterocycles. The number of ether oxygens (including phenoxy) is 1. The van der Waals surface area contributed by atoms with E-state index in [1.165, 1.54) is 10.5 Å². The molecule has 14 heavy (non-hydrogen) atoms. The molecule has 1 aromatic carbocycles. The Morgan fingerprint density at radius 2 is 2.14 bits per heavy atom. The minimum Gasteiger partial charge on any atom is -0.497 e. The van der Waals surface area contributed by atoms with Crippen molar-refractivity contribution < 1.29 is 4.74 Å². The monoisotopic (exact) mass is 211 g/mol. The highest BCUT2D eigenvalue weighted by Crippen LogP contribution is 2.29. The molecule has 0 unspecified atom stereocenters. The second kappa shape index (κ2) is 5.27. The van der Waals surface area contributed by atoms with E-state index in [0.29, 0.717) is 11.8 Å². The Labute approximate surface area is 89.8 Å². The quantitative estimate of drug-likeness (QED) is 0.778. The minimum absolute atomic E-state index is 0.562. The zero-order valence-corrected chi connectivity index (χ0v) is 9.73. The van der Waals surface area contributed by atoms with Gasteiger partial charge in [-0.05, 0) is 17.7 Å². The topological polar surface area (TPSA) is 35.2 Å². The Kier molecular flexibility index (Phi) is 4.29. The lowest BCUT2D eigenvalue weighted by Gasteiger charge is -2.11. The highest BCUT2D eigenvalue weighted by Gasteiger charge is 2.05. The van der Waals surface area contributed by atoms with Gasteiger partial charge in [0.25, 0.3) is 0 Å². The predicted molar refractivity (Wildman–Crippen MR) is 61.9 cm³/mol. The van der Waals surface area contributed by atoms with Crippen molar-refractivity contribution in [3.8, 4) is 5.75 Å². The molecular weight excluding hydrogens is 194 g/mol. The van der Waals surface area contributed by atoms with Crippen LogP contribution in [0.1, 0.15) is 19.4 Å². The van der Waals surface area contributed by atoms with Crippen LogP contribution in [0.25, 0.3) is 0 Å². The van der Waals surface area contributed by atoms with Crippen LogP contribution in [0.5, 0.6) is 5.75 Å². The van der Waals surface area contributed by atoms with Gasteiger partial charge in [-0.3, -0.25) is 0 Å². The summed E-state index contributed by atoms with van der Waals surface area (Å²) in [5.41, 5.74) is 6.85. The third-order valence-electron chi connectivity index (χ3n) is 1.86. The van der Waals surface area contributed by atoms with Crippen LogP contribution in [0.3, 0.4) is 0 Å². The Morgan fingerprint density at radius 1 is 1.43 bits per heavy atom. The first-order chi connectivity index (χ1) is 6.67. The van der Waals surface area contributed by atoms with E-state index < -0.39 is 0 Å². The van der Waals surface area contributed by atoms with Crippen molar-refractivity contribution in [2.24, 2.45) is 5.73 Å². The molecule has 0 fully saturated rings. The van der Waals surface area contributed by atoms with Gasteiger partial charge < -0.3 is 10.5 Å². The third kappa shape index (κ3) is 2.93. The van der Waals surface area contributed by atoms with Crippen LogP contribution in [-0.4, -0.2) is 12.4 Å². The molecule has 0 saturated carbocycles. The molecule has 0 saturated heterocycles. The number of hydrogen-bond acceptors (Lipinski definition) is 3. The van der Waals surface area contributed by atoms with E-state index in [4.69, 9.17) is 10.5 Å². The highest BCUT2D eigenvalue weighted by atomic mass is 32.2. The molecule has 78 valence electrons. The second-order valence-electron chi connectivity index (χ2n) is 3.34. The van der Waals surface area contributed by atoms with E-state index in [0.717, 1.165) is 5.75 Å². The lowest BCUT2D eigenvalue weighted by Crippen LogP contribution is -2.00. The van der Waals surface area contributed by atoms with Crippen molar-refractivity contribution in [2.45, 2.75) is 30.5 Å². The number of nitrogens with two attached hydrogens (primary N) is 1. The summed E-state index contributed by atoms with van der Waals surface area (Å²) in [6.45, 7) is 4.92. The molecule has 3 heteroatoms. The zero-order valence-electron chi connectivity index (χ0n) is 8.91. The number of methoxy groups -OCH3 is 1. The summed E-state index contributed by atoms with van der Waals surface area (Å²) in [5, 5.41) is 0.562. The van der Waals surface area contributed by atoms with Crippen LogP contribution in [0, 0.1) is 0 Å². The molecule has 0 bridgehead atoms. The molecule has 0 heterocycles. The van der Waals surface area contributed by atoms with Crippen LogP contribution >= 0.6 is 11.8 Å². The fourth-order valence-electron chi connectivity index (χ4n) is 1.19. The summed E-state index contributed by atoms with van der Waals surface area (Å²) in [7, 11) is 1.68. The van der Waals surface area contributed by atoms with Gasteiger partial charge in [-0.1, -0.05) is 19.9 Å². The van der Waals surface area contributed by atoms with Gasteiger partial charge in [-0.15, -0.1) is 11.8 Å². The predicted octanol–water partition coefficient (Wildman–Crippen LogP) is 2.65. The largest absolute Gasteiger partial charge is 0.497 e. The van der Waals surface area contributed by atoms with Crippen molar-refractivity contribution in [3.63, 3.8) is 0 Å². The van der Waals surface area contributed by atoms with E-state index in [1.54, 1.807) is 7.11 Å². The fourth-order valence-corrected chi connectivity index (χ4v) is 2.19. The number of benzene rings is 1. The second-order valence-corrected chi connectivity index (χ2v) is 4.96. The number of thioether (sulfide) groups is 1. The van der Waals surface area contributed by atoms with Gasteiger partial charge in [0.05, 0.1) is 7.11 Å². The molecule has 1 rings (SSSR count). The molecule has 0 atom stereocenters. The molecule has 0 radical (unpaired) electrons. The summed E-state index contributed by atoms with van der Waals surface area (Å²) < 4.78 is 5.18. The van der Waals surface area contributed by atoms with Gasteiger partial charge in [0, 0.05) is 16.7 Å². The van der Waals surface area contributed by atoms with Crippen LogP contribution < -0.4 is 10.5 Å². The van der Waals surface area contributed by atoms with E-state index in [-0.39, 0.29) is 0 Å². The van der Waals surface area contributed by atoms with Gasteiger partial charge in [-0.25, -0.2) is 0 Å². The Bertz CT molecular complexity index is 299. The molecule has 0 aliphatic carbocycles. The summed E-state index contributed by atoms with van der Waals surface area (Å²) in [4.78, 5) is 1.22. The van der Waals surface area contributed by atoms with Gasteiger partial charge in [0.15, 0.2) is 0 Å². The lowest BCUT2D eigenvalue weighted by molar-refractivity contribution is 0.413. The van der Waals surface area contributed by atoms with Crippen LogP contribution in [-0.2, 0) is 6.54 Å². The molecule has 0 aliphatic rings. The van der Waals surface area contributed by atoms with Crippen LogP contribution in [0.2, 0.25) is 0 Å². The maximum absolute atomic E-state index is 5.66. The Morgan fingerprint density at radius 3 is 2.64 bits per heavy atom. The van der Waals surface area contributed by atoms with Crippen LogP contribution in [0.4, 0.5) is 0 Å². The SMILES string of the molecule is COc1ccc(CN)c(SC(C)C)c1. The van der Waals surface area contributed by atoms with Crippen molar-refractivity contribution >= 4 is 11.8 Å². The van der Waals surface area contributed by atoms with E-state index in [1.807, 2.05) is 30.0 Å². The third-order valence-corrected chi connectivity index (χ3v) is 2.96. The first-order valence-electron chi connectivity index (χ1n) is 4.71. The summed E-state index contributed by atoms with van der Waals surface area (Å²) in [5.74, 6) is 0.894. The molecule has 2 nitrogen and oxygen atoms in total. The maximum atomic E-state index is 5.66. The summed E-state index contributed by atoms with van der Waals surface area (Å²) in [6.07, 6.45) is 0. The Balaban J connectivity index is 2.96. The molecule has 0 spiro atoms. The van der Waals surface area contributed by atoms with E-state index in [2.05, 4.69) is 13.8 Å². The summed E-state index contributed by atoms with van der Waals surface area (Å²) >= 11 is 1.82. The van der Waals surface area contributed by atoms with Gasteiger partial charge >= 0.3 is 0 Å². The van der Waals surface area contributed by atoms with Gasteiger partial charge in [0.2, 0.25) is 0 Å². The standard InChI is InChI=1S/C11H17NOS/c1-8(2)14-11-6-10(13-3)5-4-9(11)7-12/h4-6,8H,7,12H2,1-3H3. The average Bonchev–Trinajstić information content (AvgIpc) is 2.16. The van der Waals surface area contributed by atoms with Gasteiger partial charge in [0.1, 0.15) is 5.75 Å². The molecule has 2 N–H and O–H groups in total. The smallest absolute Gasteiger partial charge is 0.119 e. The normalized spacial score (nSPS) is 10.6. The Hall–Kier alpha value is -0.670. The fraction of sp³-hybridized carbons (Fsp3) is 0.455. The first kappa shape index (κ1) is 11.4. The molecule has 0 amide bonds. The van der Waals surface area contributed by atoms with Gasteiger partial charge in [-0.2, -0.15) is 0 Å². The number of hydrogen-bond donors (Lipinski definition) is 1.